The van der Waals surface area contributed by atoms with Gasteiger partial charge < -0.3 is 5.73 Å². The van der Waals surface area contributed by atoms with Crippen molar-refractivity contribution in [1.82, 2.24) is 9.80 Å². The molecule has 1 aliphatic rings. The second-order valence-electron chi connectivity index (χ2n) is 5.18. The first kappa shape index (κ1) is 14.5. The summed E-state index contributed by atoms with van der Waals surface area (Å²) in [6.45, 7) is 5.00. The van der Waals surface area contributed by atoms with E-state index in [0.29, 0.717) is 12.1 Å². The average Bonchev–Trinajstić information content (AvgIpc) is 2.65. The number of nitriles is 1. The molecular weight excluding hydrogens is 252 g/mol. The van der Waals surface area contributed by atoms with E-state index in [4.69, 9.17) is 11.0 Å². The van der Waals surface area contributed by atoms with Crippen molar-refractivity contribution < 1.29 is 4.79 Å². The van der Waals surface area contributed by atoms with Gasteiger partial charge in [0.05, 0.1) is 18.2 Å². The van der Waals surface area contributed by atoms with Gasteiger partial charge in [-0.3, -0.25) is 14.6 Å². The zero-order valence-electron chi connectivity index (χ0n) is 11.6. The summed E-state index contributed by atoms with van der Waals surface area (Å²) in [5.41, 5.74) is 7.15. The van der Waals surface area contributed by atoms with Gasteiger partial charge in [0.2, 0.25) is 5.91 Å². The van der Waals surface area contributed by atoms with Gasteiger partial charge in [0.25, 0.3) is 0 Å². The monoisotopic (exact) mass is 272 g/mol. The Bertz CT molecular complexity index is 492. The van der Waals surface area contributed by atoms with Gasteiger partial charge in [-0.05, 0) is 37.2 Å². The van der Waals surface area contributed by atoms with Crippen molar-refractivity contribution in [2.75, 3.05) is 32.7 Å². The fourth-order valence-electron chi connectivity index (χ4n) is 2.50. The molecule has 1 aromatic rings. The Hall–Kier alpha value is -1.90. The predicted octanol–water partition coefficient (Wildman–Crippen LogP) is 0.551. The molecular formula is C15H20N4O. The molecule has 2 N–H and O–H groups in total. The van der Waals surface area contributed by atoms with Crippen molar-refractivity contribution in [3.63, 3.8) is 0 Å². The Balaban J connectivity index is 1.87. The molecule has 20 heavy (non-hydrogen) atoms. The number of hydrogen-bond acceptors (Lipinski definition) is 4. The number of hydrogen-bond donors (Lipinski definition) is 1. The lowest BCUT2D eigenvalue weighted by Gasteiger charge is -2.21. The van der Waals surface area contributed by atoms with E-state index in [1.54, 1.807) is 0 Å². The number of carbonyl (C=O) groups excluding carboxylic acids is 1. The first-order valence-corrected chi connectivity index (χ1v) is 6.89. The molecule has 1 fully saturated rings. The van der Waals surface area contributed by atoms with Crippen LogP contribution in [0.2, 0.25) is 0 Å². The fourth-order valence-corrected chi connectivity index (χ4v) is 2.50. The summed E-state index contributed by atoms with van der Waals surface area (Å²) in [7, 11) is 0. The minimum Gasteiger partial charge on any atom is -0.369 e. The van der Waals surface area contributed by atoms with Gasteiger partial charge in [0.15, 0.2) is 0 Å². The summed E-state index contributed by atoms with van der Waals surface area (Å²) < 4.78 is 0. The molecule has 0 aromatic heterocycles. The standard InChI is InChI=1S/C15H20N4O/c16-10-13-2-4-14(5-3-13)11-18-6-1-7-19(9-8-18)12-15(17)20/h2-5H,1,6-9,11-12H2,(H2,17,20). The third kappa shape index (κ3) is 4.34. The summed E-state index contributed by atoms with van der Waals surface area (Å²) in [6, 6.07) is 9.84. The molecule has 0 aliphatic carbocycles. The number of nitrogens with zero attached hydrogens (tertiary/aromatic N) is 3. The van der Waals surface area contributed by atoms with Crippen LogP contribution in [-0.2, 0) is 11.3 Å². The Morgan fingerprint density at radius 2 is 1.80 bits per heavy atom. The molecule has 2 rings (SSSR count). The van der Waals surface area contributed by atoms with Crippen LogP contribution in [0.4, 0.5) is 0 Å². The summed E-state index contributed by atoms with van der Waals surface area (Å²) in [6.07, 6.45) is 1.05. The molecule has 0 atom stereocenters. The van der Waals surface area contributed by atoms with Crippen LogP contribution in [0.1, 0.15) is 17.5 Å². The first-order chi connectivity index (χ1) is 9.67. The lowest BCUT2D eigenvalue weighted by Crippen LogP contribution is -2.36. The second-order valence-corrected chi connectivity index (χ2v) is 5.18. The maximum Gasteiger partial charge on any atom is 0.231 e. The highest BCUT2D eigenvalue weighted by Gasteiger charge is 2.16. The van der Waals surface area contributed by atoms with E-state index < -0.39 is 0 Å². The van der Waals surface area contributed by atoms with E-state index in [-0.39, 0.29) is 5.91 Å². The summed E-state index contributed by atoms with van der Waals surface area (Å²) >= 11 is 0. The fraction of sp³-hybridized carbons (Fsp3) is 0.467. The van der Waals surface area contributed by atoms with E-state index in [1.807, 2.05) is 24.3 Å². The molecule has 1 amide bonds. The molecule has 1 aliphatic heterocycles. The van der Waals surface area contributed by atoms with Gasteiger partial charge in [-0.25, -0.2) is 0 Å². The SMILES string of the molecule is N#Cc1ccc(CN2CCCN(CC(N)=O)CC2)cc1. The van der Waals surface area contributed by atoms with Gasteiger partial charge in [-0.1, -0.05) is 12.1 Å². The molecule has 0 radical (unpaired) electrons. The molecule has 1 saturated heterocycles. The van der Waals surface area contributed by atoms with Gasteiger partial charge in [0.1, 0.15) is 0 Å². The van der Waals surface area contributed by atoms with Gasteiger partial charge in [0, 0.05) is 19.6 Å². The summed E-state index contributed by atoms with van der Waals surface area (Å²) in [4.78, 5) is 15.4. The Morgan fingerprint density at radius 3 is 2.45 bits per heavy atom. The lowest BCUT2D eigenvalue weighted by molar-refractivity contribution is -0.119. The van der Waals surface area contributed by atoms with E-state index in [9.17, 15) is 4.79 Å². The van der Waals surface area contributed by atoms with Crippen LogP contribution in [0.3, 0.4) is 0 Å². The van der Waals surface area contributed by atoms with Crippen molar-refractivity contribution in [1.29, 1.82) is 5.26 Å². The summed E-state index contributed by atoms with van der Waals surface area (Å²) in [5.74, 6) is -0.259. The molecule has 0 spiro atoms. The third-order valence-corrected chi connectivity index (χ3v) is 3.55. The van der Waals surface area contributed by atoms with Crippen LogP contribution in [0.15, 0.2) is 24.3 Å². The Kier molecular flexibility index (Phi) is 5.10. The molecule has 1 aromatic carbocycles. The number of carbonyl (C=O) groups is 1. The number of nitrogens with two attached hydrogens (primary N) is 1. The second kappa shape index (κ2) is 7.04. The van der Waals surface area contributed by atoms with E-state index in [1.165, 1.54) is 5.56 Å². The Morgan fingerprint density at radius 1 is 1.15 bits per heavy atom. The number of amides is 1. The zero-order valence-corrected chi connectivity index (χ0v) is 11.6. The van der Waals surface area contributed by atoms with E-state index in [0.717, 1.165) is 39.1 Å². The maximum absolute atomic E-state index is 11.0. The molecule has 5 nitrogen and oxygen atoms in total. The van der Waals surface area contributed by atoms with Crippen molar-refractivity contribution in [3.05, 3.63) is 35.4 Å². The van der Waals surface area contributed by atoms with Crippen molar-refractivity contribution >= 4 is 5.91 Å². The van der Waals surface area contributed by atoms with Crippen molar-refractivity contribution in [2.45, 2.75) is 13.0 Å². The predicted molar refractivity (Wildman–Crippen MR) is 76.7 cm³/mol. The Labute approximate surface area is 119 Å². The highest BCUT2D eigenvalue weighted by atomic mass is 16.1. The van der Waals surface area contributed by atoms with E-state index in [2.05, 4.69) is 15.9 Å². The molecule has 0 unspecified atom stereocenters. The molecule has 0 bridgehead atoms. The largest absolute Gasteiger partial charge is 0.369 e. The minimum atomic E-state index is -0.259. The minimum absolute atomic E-state index is 0.259. The van der Waals surface area contributed by atoms with Crippen LogP contribution in [-0.4, -0.2) is 48.4 Å². The molecule has 5 heteroatoms. The van der Waals surface area contributed by atoms with Crippen LogP contribution in [0.25, 0.3) is 0 Å². The lowest BCUT2D eigenvalue weighted by atomic mass is 10.1. The molecule has 106 valence electrons. The number of primary amides is 1. The molecule has 1 heterocycles. The normalized spacial score (nSPS) is 17.4. The van der Waals surface area contributed by atoms with Gasteiger partial charge >= 0.3 is 0 Å². The van der Waals surface area contributed by atoms with E-state index >= 15 is 0 Å². The van der Waals surface area contributed by atoms with Crippen LogP contribution in [0.5, 0.6) is 0 Å². The van der Waals surface area contributed by atoms with Gasteiger partial charge in [-0.15, -0.1) is 0 Å². The highest BCUT2D eigenvalue weighted by molar-refractivity contribution is 5.75. The number of benzene rings is 1. The van der Waals surface area contributed by atoms with Crippen molar-refractivity contribution in [3.8, 4) is 6.07 Å². The maximum atomic E-state index is 11.0. The average molecular weight is 272 g/mol. The van der Waals surface area contributed by atoms with Crippen LogP contribution in [0, 0.1) is 11.3 Å². The molecule has 0 saturated carbocycles. The topological polar surface area (TPSA) is 73.4 Å². The first-order valence-electron chi connectivity index (χ1n) is 6.89. The quantitative estimate of drug-likeness (QED) is 0.868. The number of rotatable bonds is 4. The van der Waals surface area contributed by atoms with Crippen molar-refractivity contribution in [2.24, 2.45) is 5.73 Å². The van der Waals surface area contributed by atoms with Crippen LogP contribution < -0.4 is 5.73 Å². The third-order valence-electron chi connectivity index (χ3n) is 3.55. The van der Waals surface area contributed by atoms with Crippen LogP contribution >= 0.6 is 0 Å². The highest BCUT2D eigenvalue weighted by Crippen LogP contribution is 2.10. The smallest absolute Gasteiger partial charge is 0.231 e. The van der Waals surface area contributed by atoms with Gasteiger partial charge in [-0.2, -0.15) is 5.26 Å². The zero-order chi connectivity index (χ0) is 14.4. The summed E-state index contributed by atoms with van der Waals surface area (Å²) in [5, 5.41) is 8.78.